The topological polar surface area (TPSA) is 38.1 Å². The molecule has 1 aromatic carbocycles. The Morgan fingerprint density at radius 2 is 1.95 bits per heavy atom. The Morgan fingerprint density at radius 1 is 1.11 bits per heavy atom. The number of para-hydroxylation sites is 1. The van der Waals surface area contributed by atoms with Gasteiger partial charge in [-0.1, -0.05) is 19.1 Å². The van der Waals surface area contributed by atoms with Crippen molar-refractivity contribution in [2.45, 2.75) is 26.4 Å². The van der Waals surface area contributed by atoms with Gasteiger partial charge in [-0.2, -0.15) is 0 Å². The number of aryl methyl sites for hydroxylation is 1. The van der Waals surface area contributed by atoms with Gasteiger partial charge in [0.2, 0.25) is 0 Å². The Morgan fingerprint density at radius 3 is 2.74 bits per heavy atom. The lowest BCUT2D eigenvalue weighted by atomic mass is 10.3. The molecule has 0 aliphatic carbocycles. The third kappa shape index (κ3) is 2.85. The molecule has 0 spiro atoms. The van der Waals surface area contributed by atoms with E-state index in [0.717, 1.165) is 41.6 Å². The number of nitrogens with zero attached hydrogens (tertiary/aromatic N) is 1. The van der Waals surface area contributed by atoms with E-state index in [0.29, 0.717) is 0 Å². The molecule has 0 saturated heterocycles. The van der Waals surface area contributed by atoms with E-state index in [1.54, 1.807) is 11.3 Å². The normalized spacial score (nSPS) is 11.2. The van der Waals surface area contributed by atoms with E-state index in [4.69, 9.17) is 4.42 Å². The van der Waals surface area contributed by atoms with Crippen LogP contribution in [-0.4, -0.2) is 4.98 Å². The molecule has 3 nitrogen and oxygen atoms in total. The van der Waals surface area contributed by atoms with Gasteiger partial charge in [-0.3, -0.25) is 0 Å². The lowest BCUT2D eigenvalue weighted by Crippen LogP contribution is -2.11. The second-order valence-electron chi connectivity index (χ2n) is 4.40. The van der Waals surface area contributed by atoms with Crippen molar-refractivity contribution < 1.29 is 4.42 Å². The first-order valence-corrected chi connectivity index (χ1v) is 7.29. The summed E-state index contributed by atoms with van der Waals surface area (Å²) in [5, 5.41) is 4.48. The van der Waals surface area contributed by atoms with Gasteiger partial charge in [0.15, 0.2) is 0 Å². The lowest BCUT2D eigenvalue weighted by Gasteiger charge is -1.99. The highest BCUT2D eigenvalue weighted by Gasteiger charge is 2.04. The Hall–Kier alpha value is -1.65. The van der Waals surface area contributed by atoms with Crippen molar-refractivity contribution in [3.05, 3.63) is 52.9 Å². The van der Waals surface area contributed by atoms with E-state index < -0.39 is 0 Å². The van der Waals surface area contributed by atoms with Crippen LogP contribution in [0.1, 0.15) is 23.5 Å². The molecule has 0 aliphatic heterocycles. The quantitative estimate of drug-likeness (QED) is 0.769. The van der Waals surface area contributed by atoms with Crippen LogP contribution in [-0.2, 0) is 19.5 Å². The zero-order chi connectivity index (χ0) is 13.1. The number of benzene rings is 1. The van der Waals surface area contributed by atoms with Crippen LogP contribution in [0, 0.1) is 0 Å². The molecule has 0 saturated carbocycles. The van der Waals surface area contributed by atoms with E-state index in [9.17, 15) is 0 Å². The minimum absolute atomic E-state index is 0.746. The molecule has 0 radical (unpaired) electrons. The van der Waals surface area contributed by atoms with Crippen molar-refractivity contribution in [3.8, 4) is 0 Å². The molecule has 4 heteroatoms. The summed E-state index contributed by atoms with van der Waals surface area (Å²) in [4.78, 5) is 4.59. The van der Waals surface area contributed by atoms with Crippen LogP contribution >= 0.6 is 11.3 Å². The molecule has 0 aliphatic rings. The van der Waals surface area contributed by atoms with Crippen LogP contribution < -0.4 is 5.32 Å². The average Bonchev–Trinajstić information content (AvgIpc) is 3.04. The van der Waals surface area contributed by atoms with Crippen molar-refractivity contribution in [2.24, 2.45) is 0 Å². The number of hydrogen-bond donors (Lipinski definition) is 1. The smallest absolute Gasteiger partial charge is 0.117 e. The highest BCUT2D eigenvalue weighted by Crippen LogP contribution is 2.21. The van der Waals surface area contributed by atoms with Gasteiger partial charge >= 0.3 is 0 Å². The van der Waals surface area contributed by atoms with Crippen LogP contribution in [0.3, 0.4) is 0 Å². The largest absolute Gasteiger partial charge is 0.465 e. The van der Waals surface area contributed by atoms with Gasteiger partial charge in [-0.25, -0.2) is 4.98 Å². The molecule has 3 aromatic rings. The van der Waals surface area contributed by atoms with Crippen molar-refractivity contribution in [2.75, 3.05) is 0 Å². The maximum absolute atomic E-state index is 5.65. The van der Waals surface area contributed by atoms with E-state index in [2.05, 4.69) is 29.4 Å². The van der Waals surface area contributed by atoms with Crippen molar-refractivity contribution in [3.63, 3.8) is 0 Å². The fraction of sp³-hybridized carbons (Fsp3) is 0.267. The maximum atomic E-state index is 5.65. The molecule has 0 atom stereocenters. The van der Waals surface area contributed by atoms with E-state index in [-0.39, 0.29) is 0 Å². The first-order chi connectivity index (χ1) is 9.35. The number of nitrogens with one attached hydrogen (secondary N) is 1. The van der Waals surface area contributed by atoms with Crippen LogP contribution in [0.4, 0.5) is 0 Å². The maximum Gasteiger partial charge on any atom is 0.117 e. The summed E-state index contributed by atoms with van der Waals surface area (Å²) in [6.07, 6.45) is 0.942. The molecule has 2 heterocycles. The molecule has 0 bridgehead atoms. The van der Waals surface area contributed by atoms with Crippen LogP contribution in [0.25, 0.3) is 10.2 Å². The molecule has 2 aromatic heterocycles. The van der Waals surface area contributed by atoms with E-state index >= 15 is 0 Å². The first-order valence-electron chi connectivity index (χ1n) is 6.48. The molecule has 0 unspecified atom stereocenters. The van der Waals surface area contributed by atoms with Crippen molar-refractivity contribution in [1.29, 1.82) is 0 Å². The average molecular weight is 272 g/mol. The highest BCUT2D eigenvalue weighted by molar-refractivity contribution is 7.18. The van der Waals surface area contributed by atoms with Gasteiger partial charge in [0.25, 0.3) is 0 Å². The van der Waals surface area contributed by atoms with Crippen LogP contribution in [0.15, 0.2) is 40.8 Å². The summed E-state index contributed by atoms with van der Waals surface area (Å²) in [5.41, 5.74) is 1.08. The van der Waals surface area contributed by atoms with Crippen LogP contribution in [0.5, 0.6) is 0 Å². The van der Waals surface area contributed by atoms with E-state index in [1.807, 2.05) is 24.3 Å². The highest BCUT2D eigenvalue weighted by atomic mass is 32.1. The SMILES string of the molecule is CCc1ccc(CNCc2nc3ccccc3s2)o1. The monoisotopic (exact) mass is 272 g/mol. The Labute approximate surface area is 116 Å². The number of rotatable bonds is 5. The molecular weight excluding hydrogens is 256 g/mol. The number of fused-ring (bicyclic) bond motifs is 1. The zero-order valence-corrected chi connectivity index (χ0v) is 11.7. The Balaban J connectivity index is 1.59. The third-order valence-corrected chi connectivity index (χ3v) is 4.02. The molecule has 19 heavy (non-hydrogen) atoms. The lowest BCUT2D eigenvalue weighted by molar-refractivity contribution is 0.450. The second kappa shape index (κ2) is 5.55. The van der Waals surface area contributed by atoms with Gasteiger partial charge in [-0.15, -0.1) is 11.3 Å². The first kappa shape index (κ1) is 12.4. The molecule has 3 rings (SSSR count). The minimum Gasteiger partial charge on any atom is -0.465 e. The third-order valence-electron chi connectivity index (χ3n) is 2.98. The standard InChI is InChI=1S/C15H16N2OS/c1-2-11-7-8-12(18-11)9-16-10-15-17-13-5-3-4-6-14(13)19-15/h3-8,16H,2,9-10H2,1H3. The summed E-state index contributed by atoms with van der Waals surface area (Å²) in [7, 11) is 0. The summed E-state index contributed by atoms with van der Waals surface area (Å²) >= 11 is 1.74. The van der Waals surface area contributed by atoms with Gasteiger partial charge < -0.3 is 9.73 Å². The molecule has 0 fully saturated rings. The molecule has 98 valence electrons. The van der Waals surface area contributed by atoms with Gasteiger partial charge in [-0.05, 0) is 24.3 Å². The van der Waals surface area contributed by atoms with Gasteiger partial charge in [0, 0.05) is 13.0 Å². The predicted molar refractivity (Wildman–Crippen MR) is 78.2 cm³/mol. The number of furan rings is 1. The zero-order valence-electron chi connectivity index (χ0n) is 10.8. The summed E-state index contributed by atoms with van der Waals surface area (Å²) in [5.74, 6) is 2.02. The summed E-state index contributed by atoms with van der Waals surface area (Å²) < 4.78 is 6.89. The minimum atomic E-state index is 0.746. The summed E-state index contributed by atoms with van der Waals surface area (Å²) in [6.45, 7) is 3.62. The second-order valence-corrected chi connectivity index (χ2v) is 5.52. The van der Waals surface area contributed by atoms with Crippen LogP contribution in [0.2, 0.25) is 0 Å². The van der Waals surface area contributed by atoms with Crippen molar-refractivity contribution >= 4 is 21.6 Å². The van der Waals surface area contributed by atoms with Gasteiger partial charge in [0.1, 0.15) is 16.5 Å². The Kier molecular flexibility index (Phi) is 3.62. The number of aromatic nitrogens is 1. The number of hydrogen-bond acceptors (Lipinski definition) is 4. The van der Waals surface area contributed by atoms with Gasteiger partial charge in [0.05, 0.1) is 16.8 Å². The van der Waals surface area contributed by atoms with E-state index in [1.165, 1.54) is 4.70 Å². The molecule has 1 N–H and O–H groups in total. The fourth-order valence-electron chi connectivity index (χ4n) is 2.00. The summed E-state index contributed by atoms with van der Waals surface area (Å²) in [6, 6.07) is 12.3. The van der Waals surface area contributed by atoms with Crippen molar-refractivity contribution in [1.82, 2.24) is 10.3 Å². The molecular formula is C15H16N2OS. The molecule has 0 amide bonds. The fourth-order valence-corrected chi connectivity index (χ4v) is 2.93. The number of thiazole rings is 1. The Bertz CT molecular complexity index is 638. The predicted octanol–water partition coefficient (Wildman–Crippen LogP) is 3.74.